The third kappa shape index (κ3) is 7.47. The smallest absolute Gasteiger partial charge is 0.243 e. The molecule has 0 radical (unpaired) electrons. The maximum absolute atomic E-state index is 13.4. The molecule has 4 nitrogen and oxygen atoms in total. The zero-order valence-electron chi connectivity index (χ0n) is 19.2. The van der Waals surface area contributed by atoms with E-state index >= 15 is 0 Å². The van der Waals surface area contributed by atoms with Crippen LogP contribution in [0.1, 0.15) is 30.5 Å². The Morgan fingerprint density at radius 3 is 1.97 bits per heavy atom. The van der Waals surface area contributed by atoms with Gasteiger partial charge in [0.1, 0.15) is 6.04 Å². The maximum Gasteiger partial charge on any atom is 0.243 e. The van der Waals surface area contributed by atoms with Crippen molar-refractivity contribution >= 4 is 23.4 Å². The molecule has 3 rings (SSSR count). The summed E-state index contributed by atoms with van der Waals surface area (Å²) in [6.45, 7) is 4.59. The molecule has 3 aromatic carbocycles. The number of carbonyl (C=O) groups excluding carboxylic acids is 2. The van der Waals surface area contributed by atoms with Gasteiger partial charge in [0.15, 0.2) is 0 Å². The lowest BCUT2D eigenvalue weighted by molar-refractivity contribution is -0.143. The Balaban J connectivity index is 1.83. The first-order chi connectivity index (χ1) is 15.9. The van der Waals surface area contributed by atoms with E-state index in [2.05, 4.69) is 5.32 Å². The number of hydrogen-bond donors (Lipinski definition) is 1. The predicted molar refractivity (Wildman–Crippen MR) is 134 cm³/mol. The van der Waals surface area contributed by atoms with E-state index in [0.717, 1.165) is 23.1 Å². The van der Waals surface area contributed by atoms with Crippen molar-refractivity contribution in [2.45, 2.75) is 39.3 Å². The van der Waals surface area contributed by atoms with Crippen molar-refractivity contribution in [1.29, 1.82) is 0 Å². The van der Waals surface area contributed by atoms with Gasteiger partial charge < -0.3 is 10.2 Å². The quantitative estimate of drug-likeness (QED) is 0.444. The molecule has 5 heteroatoms. The van der Waals surface area contributed by atoms with Gasteiger partial charge >= 0.3 is 0 Å². The Bertz CT molecular complexity index is 1020. The third-order valence-corrected chi connectivity index (χ3v) is 5.80. The van der Waals surface area contributed by atoms with Crippen molar-refractivity contribution in [3.05, 3.63) is 107 Å². The largest absolute Gasteiger partial charge is 0.354 e. The van der Waals surface area contributed by atoms with E-state index in [1.165, 1.54) is 0 Å². The van der Waals surface area contributed by atoms with Crippen LogP contribution in [0.4, 0.5) is 0 Å². The number of nitrogens with one attached hydrogen (secondary N) is 1. The average Bonchev–Trinajstić information content (AvgIpc) is 2.83. The second-order valence-electron chi connectivity index (χ2n) is 8.48. The van der Waals surface area contributed by atoms with Gasteiger partial charge in [-0.3, -0.25) is 9.59 Å². The Kier molecular flexibility index (Phi) is 9.08. The number of rotatable bonds is 10. The molecule has 1 N–H and O–H groups in total. The fourth-order valence-corrected chi connectivity index (χ4v) is 3.86. The van der Waals surface area contributed by atoms with E-state index in [4.69, 9.17) is 11.6 Å². The number of halogens is 1. The normalized spacial score (nSPS) is 11.8. The number of amides is 2. The highest BCUT2D eigenvalue weighted by molar-refractivity contribution is 6.30. The molecule has 0 aliphatic heterocycles. The van der Waals surface area contributed by atoms with Gasteiger partial charge in [-0.1, -0.05) is 98.2 Å². The zero-order chi connectivity index (χ0) is 23.6. The number of nitrogens with zero attached hydrogens (tertiary/aromatic N) is 1. The fourth-order valence-electron chi connectivity index (χ4n) is 3.73. The van der Waals surface area contributed by atoms with Gasteiger partial charge in [0, 0.05) is 30.5 Å². The van der Waals surface area contributed by atoms with Gasteiger partial charge in [-0.15, -0.1) is 0 Å². The summed E-state index contributed by atoms with van der Waals surface area (Å²) in [5.74, 6) is -0.422. The lowest BCUT2D eigenvalue weighted by Crippen LogP contribution is -2.51. The van der Waals surface area contributed by atoms with Crippen molar-refractivity contribution in [2.75, 3.05) is 6.54 Å². The van der Waals surface area contributed by atoms with Gasteiger partial charge in [0.05, 0.1) is 0 Å². The second-order valence-corrected chi connectivity index (χ2v) is 8.92. The first-order valence-electron chi connectivity index (χ1n) is 11.3. The molecule has 0 heterocycles. The molecule has 0 aromatic heterocycles. The summed E-state index contributed by atoms with van der Waals surface area (Å²) in [5, 5.41) is 3.71. The van der Waals surface area contributed by atoms with Crippen molar-refractivity contribution in [3.8, 4) is 0 Å². The summed E-state index contributed by atoms with van der Waals surface area (Å²) in [6, 6.07) is 26.7. The van der Waals surface area contributed by atoms with Crippen LogP contribution < -0.4 is 5.32 Å². The van der Waals surface area contributed by atoms with E-state index in [9.17, 15) is 9.59 Å². The lowest BCUT2D eigenvalue weighted by atomic mass is 10.0. The summed E-state index contributed by atoms with van der Waals surface area (Å²) >= 11 is 6.04. The Morgan fingerprint density at radius 1 is 0.818 bits per heavy atom. The highest BCUT2D eigenvalue weighted by Gasteiger charge is 2.31. The van der Waals surface area contributed by atoms with Crippen molar-refractivity contribution in [3.63, 3.8) is 0 Å². The molecule has 0 saturated heterocycles. The van der Waals surface area contributed by atoms with Crippen LogP contribution in [0.3, 0.4) is 0 Å². The molecule has 0 aliphatic rings. The van der Waals surface area contributed by atoms with Gasteiger partial charge in [0.2, 0.25) is 11.8 Å². The van der Waals surface area contributed by atoms with Gasteiger partial charge in [-0.05, 0) is 35.2 Å². The molecule has 172 valence electrons. The molecule has 2 amide bonds. The van der Waals surface area contributed by atoms with Crippen LogP contribution >= 0.6 is 11.6 Å². The van der Waals surface area contributed by atoms with Crippen LogP contribution in [0.2, 0.25) is 5.02 Å². The maximum atomic E-state index is 13.4. The van der Waals surface area contributed by atoms with E-state index in [0.29, 0.717) is 24.5 Å². The topological polar surface area (TPSA) is 49.4 Å². The molecule has 0 bridgehead atoms. The second kappa shape index (κ2) is 12.2. The lowest BCUT2D eigenvalue weighted by Gasteiger charge is -2.33. The van der Waals surface area contributed by atoms with E-state index < -0.39 is 6.04 Å². The highest BCUT2D eigenvalue weighted by atomic mass is 35.5. The van der Waals surface area contributed by atoms with Crippen LogP contribution in [0.5, 0.6) is 0 Å². The van der Waals surface area contributed by atoms with Gasteiger partial charge in [-0.25, -0.2) is 0 Å². The fraction of sp³-hybridized carbons (Fsp3) is 0.286. The van der Waals surface area contributed by atoms with Gasteiger partial charge in [-0.2, -0.15) is 0 Å². The van der Waals surface area contributed by atoms with E-state index in [1.807, 2.05) is 86.6 Å². The first-order valence-corrected chi connectivity index (χ1v) is 11.7. The molecule has 33 heavy (non-hydrogen) atoms. The Labute approximate surface area is 201 Å². The Hall–Kier alpha value is -3.11. The molecule has 3 aromatic rings. The number of benzene rings is 3. The summed E-state index contributed by atoms with van der Waals surface area (Å²) in [7, 11) is 0. The van der Waals surface area contributed by atoms with Crippen molar-refractivity contribution < 1.29 is 9.59 Å². The Morgan fingerprint density at radius 2 is 1.39 bits per heavy atom. The molecular weight excluding hydrogens is 432 g/mol. The third-order valence-electron chi connectivity index (χ3n) is 5.55. The standard InChI is InChI=1S/C28H31ClN2O2/c1-21(2)28(33)31(20-24-13-15-25(29)16-14-24)26(19-23-11-7-4-8-12-23)27(32)30-18-17-22-9-5-3-6-10-22/h3-16,21,26H,17-20H2,1-2H3,(H,30,32)/t26-/m1/s1. The SMILES string of the molecule is CC(C)C(=O)N(Cc1ccc(Cl)cc1)[C@H](Cc1ccccc1)C(=O)NCCc1ccccc1. The molecule has 0 spiro atoms. The van der Waals surface area contributed by atoms with Crippen LogP contribution in [-0.4, -0.2) is 29.3 Å². The summed E-state index contributed by atoms with van der Waals surface area (Å²) in [4.78, 5) is 28.4. The first kappa shape index (κ1) is 24.5. The van der Waals surface area contributed by atoms with E-state index in [-0.39, 0.29) is 17.7 Å². The average molecular weight is 463 g/mol. The van der Waals surface area contributed by atoms with Crippen molar-refractivity contribution in [1.82, 2.24) is 10.2 Å². The van der Waals surface area contributed by atoms with Crippen LogP contribution in [0.15, 0.2) is 84.9 Å². The minimum atomic E-state index is -0.617. The molecule has 0 saturated carbocycles. The van der Waals surface area contributed by atoms with Crippen LogP contribution in [-0.2, 0) is 29.0 Å². The summed E-state index contributed by atoms with van der Waals surface area (Å²) in [5.41, 5.74) is 3.11. The molecule has 0 aliphatic carbocycles. The van der Waals surface area contributed by atoms with Crippen LogP contribution in [0, 0.1) is 5.92 Å². The summed E-state index contributed by atoms with van der Waals surface area (Å²) in [6.07, 6.45) is 1.18. The monoisotopic (exact) mass is 462 g/mol. The predicted octanol–water partition coefficient (Wildman–Crippen LogP) is 5.29. The molecule has 0 unspecified atom stereocenters. The molecular formula is C28H31ClN2O2. The van der Waals surface area contributed by atoms with Crippen LogP contribution in [0.25, 0.3) is 0 Å². The number of carbonyl (C=O) groups is 2. The minimum absolute atomic E-state index is 0.0518. The van der Waals surface area contributed by atoms with E-state index in [1.54, 1.807) is 17.0 Å². The minimum Gasteiger partial charge on any atom is -0.354 e. The summed E-state index contributed by atoms with van der Waals surface area (Å²) < 4.78 is 0. The number of hydrogen-bond acceptors (Lipinski definition) is 2. The zero-order valence-corrected chi connectivity index (χ0v) is 20.0. The highest BCUT2D eigenvalue weighted by Crippen LogP contribution is 2.18. The van der Waals surface area contributed by atoms with Gasteiger partial charge in [0.25, 0.3) is 0 Å². The molecule has 0 fully saturated rings. The van der Waals surface area contributed by atoms with Crippen molar-refractivity contribution in [2.24, 2.45) is 5.92 Å². The molecule has 1 atom stereocenters.